The van der Waals surface area contributed by atoms with E-state index >= 15 is 0 Å². The zero-order valence-electron chi connectivity index (χ0n) is 9.53. The molecule has 4 heteroatoms. The number of benzene rings is 1. The van der Waals surface area contributed by atoms with Gasteiger partial charge in [-0.25, -0.2) is 0 Å². The minimum Gasteiger partial charge on any atom is -0.496 e. The molecule has 0 amide bonds. The molecule has 1 N–H and O–H groups in total. The van der Waals surface area contributed by atoms with Crippen LogP contribution in [0.2, 0.25) is 0 Å². The highest BCUT2D eigenvalue weighted by molar-refractivity contribution is 6.29. The number of halogens is 1. The molecule has 0 aliphatic carbocycles. The smallest absolute Gasteiger partial charge is 0.326 e. The van der Waals surface area contributed by atoms with Gasteiger partial charge in [0.15, 0.2) is 5.38 Å². The van der Waals surface area contributed by atoms with Crippen LogP contribution in [-0.2, 0) is 4.79 Å². The van der Waals surface area contributed by atoms with E-state index in [9.17, 15) is 4.79 Å². The average Bonchev–Trinajstić information content (AvgIpc) is 2.26. The van der Waals surface area contributed by atoms with Gasteiger partial charge in [0.1, 0.15) is 5.75 Å². The van der Waals surface area contributed by atoms with Gasteiger partial charge >= 0.3 is 5.97 Å². The molecule has 1 unspecified atom stereocenters. The van der Waals surface area contributed by atoms with Crippen LogP contribution in [0.5, 0.6) is 5.75 Å². The van der Waals surface area contributed by atoms with Gasteiger partial charge < -0.3 is 9.84 Å². The Morgan fingerprint density at radius 2 is 2.06 bits per heavy atom. The van der Waals surface area contributed by atoms with Crippen LogP contribution in [0.4, 0.5) is 0 Å². The number of hydrogen-bond donors (Lipinski definition) is 1. The Labute approximate surface area is 100.0 Å². The van der Waals surface area contributed by atoms with E-state index in [1.807, 2.05) is 13.8 Å². The van der Waals surface area contributed by atoms with Gasteiger partial charge in [-0.1, -0.05) is 19.9 Å². The SMILES string of the molecule is COc1ccc(C(Cl)C(=O)O)cc1C(C)C. The summed E-state index contributed by atoms with van der Waals surface area (Å²) >= 11 is 5.77. The number of methoxy groups -OCH3 is 1. The second kappa shape index (κ2) is 5.21. The summed E-state index contributed by atoms with van der Waals surface area (Å²) in [5, 5.41) is 7.82. The molecule has 0 aliphatic rings. The largest absolute Gasteiger partial charge is 0.496 e. The summed E-state index contributed by atoms with van der Waals surface area (Å²) in [7, 11) is 1.59. The van der Waals surface area contributed by atoms with Crippen molar-refractivity contribution in [3.05, 3.63) is 29.3 Å². The Balaban J connectivity index is 3.16. The van der Waals surface area contributed by atoms with Crippen LogP contribution >= 0.6 is 11.6 Å². The fraction of sp³-hybridized carbons (Fsp3) is 0.417. The van der Waals surface area contributed by atoms with Gasteiger partial charge in [-0.3, -0.25) is 4.79 Å². The van der Waals surface area contributed by atoms with E-state index in [1.165, 1.54) is 0 Å². The molecule has 0 fully saturated rings. The Kier molecular flexibility index (Phi) is 4.19. The second-order valence-corrected chi connectivity index (χ2v) is 4.29. The first kappa shape index (κ1) is 12.8. The third kappa shape index (κ3) is 2.67. The summed E-state index contributed by atoms with van der Waals surface area (Å²) in [6.45, 7) is 4.04. The Hall–Kier alpha value is -1.22. The molecule has 0 spiro atoms. The van der Waals surface area contributed by atoms with Crippen LogP contribution in [0.3, 0.4) is 0 Å². The van der Waals surface area contributed by atoms with Crippen LogP contribution < -0.4 is 4.74 Å². The highest BCUT2D eigenvalue weighted by Gasteiger charge is 2.18. The average molecular weight is 243 g/mol. The minimum absolute atomic E-state index is 0.257. The van der Waals surface area contributed by atoms with E-state index in [1.54, 1.807) is 25.3 Å². The molecular formula is C12H15ClO3. The van der Waals surface area contributed by atoms with Crippen molar-refractivity contribution in [3.63, 3.8) is 0 Å². The van der Waals surface area contributed by atoms with Crippen LogP contribution in [-0.4, -0.2) is 18.2 Å². The van der Waals surface area contributed by atoms with E-state index in [0.717, 1.165) is 11.3 Å². The van der Waals surface area contributed by atoms with Crippen molar-refractivity contribution in [1.82, 2.24) is 0 Å². The lowest BCUT2D eigenvalue weighted by Crippen LogP contribution is -2.06. The molecule has 0 saturated carbocycles. The van der Waals surface area contributed by atoms with Crippen molar-refractivity contribution >= 4 is 17.6 Å². The van der Waals surface area contributed by atoms with Gasteiger partial charge in [0.25, 0.3) is 0 Å². The maximum atomic E-state index is 10.8. The van der Waals surface area contributed by atoms with Crippen molar-refractivity contribution in [3.8, 4) is 5.75 Å². The van der Waals surface area contributed by atoms with Crippen LogP contribution in [0.25, 0.3) is 0 Å². The topological polar surface area (TPSA) is 46.5 Å². The number of ether oxygens (including phenoxy) is 1. The van der Waals surface area contributed by atoms with E-state index in [0.29, 0.717) is 5.56 Å². The van der Waals surface area contributed by atoms with Gasteiger partial charge in [0.05, 0.1) is 7.11 Å². The van der Waals surface area contributed by atoms with Crippen LogP contribution in [0, 0.1) is 0 Å². The lowest BCUT2D eigenvalue weighted by atomic mass is 9.98. The molecule has 0 radical (unpaired) electrons. The number of alkyl halides is 1. The maximum absolute atomic E-state index is 10.8. The Morgan fingerprint density at radius 3 is 2.50 bits per heavy atom. The number of carboxylic acids is 1. The summed E-state index contributed by atoms with van der Waals surface area (Å²) in [4.78, 5) is 10.8. The molecule has 16 heavy (non-hydrogen) atoms. The van der Waals surface area contributed by atoms with Gasteiger partial charge in [-0.15, -0.1) is 11.6 Å². The fourth-order valence-electron chi connectivity index (χ4n) is 1.50. The van der Waals surface area contributed by atoms with E-state index in [-0.39, 0.29) is 5.92 Å². The molecule has 0 aliphatic heterocycles. The van der Waals surface area contributed by atoms with Crippen molar-refractivity contribution in [2.24, 2.45) is 0 Å². The van der Waals surface area contributed by atoms with Crippen molar-refractivity contribution < 1.29 is 14.6 Å². The molecule has 0 heterocycles. The lowest BCUT2D eigenvalue weighted by molar-refractivity contribution is -0.136. The summed E-state index contributed by atoms with van der Waals surface area (Å²) in [5.41, 5.74) is 1.55. The summed E-state index contributed by atoms with van der Waals surface area (Å²) in [6, 6.07) is 5.22. The van der Waals surface area contributed by atoms with Crippen LogP contribution in [0.15, 0.2) is 18.2 Å². The molecule has 3 nitrogen and oxygen atoms in total. The number of carbonyl (C=O) groups is 1. The molecule has 0 saturated heterocycles. The first-order valence-corrected chi connectivity index (χ1v) is 5.45. The molecule has 0 aromatic heterocycles. The molecule has 1 aromatic rings. The van der Waals surface area contributed by atoms with Gasteiger partial charge in [-0.05, 0) is 29.2 Å². The fourth-order valence-corrected chi connectivity index (χ4v) is 1.64. The normalized spacial score (nSPS) is 12.6. The number of hydrogen-bond acceptors (Lipinski definition) is 2. The summed E-state index contributed by atoms with van der Waals surface area (Å²) in [5.74, 6) is -0.0258. The minimum atomic E-state index is -1.04. The maximum Gasteiger partial charge on any atom is 0.326 e. The van der Waals surface area contributed by atoms with Crippen molar-refractivity contribution in [2.75, 3.05) is 7.11 Å². The van der Waals surface area contributed by atoms with Crippen LogP contribution in [0.1, 0.15) is 36.3 Å². The standard InChI is InChI=1S/C12H15ClO3/c1-7(2)9-6-8(11(13)12(14)15)4-5-10(9)16-3/h4-7,11H,1-3H3,(H,14,15). The molecule has 1 atom stereocenters. The zero-order valence-corrected chi connectivity index (χ0v) is 10.3. The Morgan fingerprint density at radius 1 is 1.44 bits per heavy atom. The number of rotatable bonds is 4. The monoisotopic (exact) mass is 242 g/mol. The lowest BCUT2D eigenvalue weighted by Gasteiger charge is -2.14. The predicted molar refractivity (Wildman–Crippen MR) is 63.3 cm³/mol. The third-order valence-corrected chi connectivity index (χ3v) is 2.82. The molecule has 0 bridgehead atoms. The second-order valence-electron chi connectivity index (χ2n) is 3.86. The Bertz CT molecular complexity index is 388. The highest BCUT2D eigenvalue weighted by atomic mass is 35.5. The predicted octanol–water partition coefficient (Wildman–Crippen LogP) is 3.18. The molecule has 88 valence electrons. The third-order valence-electron chi connectivity index (χ3n) is 2.39. The van der Waals surface area contributed by atoms with E-state index < -0.39 is 11.3 Å². The van der Waals surface area contributed by atoms with Gasteiger partial charge in [0, 0.05) is 0 Å². The van der Waals surface area contributed by atoms with Gasteiger partial charge in [-0.2, -0.15) is 0 Å². The first-order chi connectivity index (χ1) is 7.47. The number of carboxylic acid groups (broad SMARTS) is 1. The molecule has 1 rings (SSSR count). The van der Waals surface area contributed by atoms with E-state index in [2.05, 4.69) is 0 Å². The molecular weight excluding hydrogens is 228 g/mol. The summed E-state index contributed by atoms with van der Waals surface area (Å²) < 4.78 is 5.21. The van der Waals surface area contributed by atoms with Crippen molar-refractivity contribution in [2.45, 2.75) is 25.1 Å². The zero-order chi connectivity index (χ0) is 12.3. The van der Waals surface area contributed by atoms with E-state index in [4.69, 9.17) is 21.4 Å². The summed E-state index contributed by atoms with van der Waals surface area (Å²) in [6.07, 6.45) is 0. The quantitative estimate of drug-likeness (QED) is 0.825. The highest BCUT2D eigenvalue weighted by Crippen LogP contribution is 2.31. The van der Waals surface area contributed by atoms with Gasteiger partial charge in [0.2, 0.25) is 0 Å². The molecule has 1 aromatic carbocycles. The number of aliphatic carboxylic acids is 1. The first-order valence-electron chi connectivity index (χ1n) is 5.02. The van der Waals surface area contributed by atoms with Crippen molar-refractivity contribution in [1.29, 1.82) is 0 Å².